The van der Waals surface area contributed by atoms with Crippen LogP contribution in [-0.4, -0.2) is 30.4 Å². The molecule has 0 saturated carbocycles. The molecule has 0 bridgehead atoms. The summed E-state index contributed by atoms with van der Waals surface area (Å²) in [5.41, 5.74) is 0.756. The van der Waals surface area contributed by atoms with Gasteiger partial charge in [-0.25, -0.2) is 0 Å². The fourth-order valence-corrected chi connectivity index (χ4v) is 1.90. The van der Waals surface area contributed by atoms with Gasteiger partial charge in [0.2, 0.25) is 0 Å². The van der Waals surface area contributed by atoms with Gasteiger partial charge in [0.1, 0.15) is 11.9 Å². The van der Waals surface area contributed by atoms with Crippen LogP contribution in [0.1, 0.15) is 18.4 Å². The summed E-state index contributed by atoms with van der Waals surface area (Å²) in [6.45, 7) is 1.42. The number of aliphatic carboxylic acids is 1. The number of carboxylic acid groups (broad SMARTS) is 1. The molecule has 1 atom stereocenters. The molecule has 17 heavy (non-hydrogen) atoms. The van der Waals surface area contributed by atoms with Crippen LogP contribution in [0.25, 0.3) is 0 Å². The van der Waals surface area contributed by atoms with Gasteiger partial charge in [-0.1, -0.05) is 12.1 Å². The largest absolute Gasteiger partial charge is 0.488 e. The van der Waals surface area contributed by atoms with Gasteiger partial charge >= 0.3 is 5.97 Å². The molecule has 2 rings (SSSR count). The second kappa shape index (κ2) is 5.68. The number of rotatable bonds is 4. The van der Waals surface area contributed by atoms with E-state index in [-0.39, 0.29) is 12.5 Å². The Hall–Kier alpha value is -1.55. The number of ether oxygens (including phenoxy) is 2. The lowest BCUT2D eigenvalue weighted by Crippen LogP contribution is -2.28. The van der Waals surface area contributed by atoms with E-state index in [0.717, 1.165) is 30.8 Å². The second-order valence-electron chi connectivity index (χ2n) is 4.17. The van der Waals surface area contributed by atoms with Crippen molar-refractivity contribution in [2.24, 2.45) is 0 Å². The summed E-state index contributed by atoms with van der Waals surface area (Å²) in [7, 11) is 0. The van der Waals surface area contributed by atoms with Gasteiger partial charge in [-0.15, -0.1) is 0 Å². The van der Waals surface area contributed by atoms with Crippen LogP contribution in [0.5, 0.6) is 5.75 Å². The first-order valence-electron chi connectivity index (χ1n) is 5.79. The Bertz CT molecular complexity index is 383. The summed E-state index contributed by atoms with van der Waals surface area (Å²) < 4.78 is 11.1. The van der Waals surface area contributed by atoms with Crippen LogP contribution in [-0.2, 0) is 16.0 Å². The molecule has 4 nitrogen and oxygen atoms in total. The molecule has 1 fully saturated rings. The van der Waals surface area contributed by atoms with Crippen LogP contribution in [0.3, 0.4) is 0 Å². The van der Waals surface area contributed by atoms with Gasteiger partial charge in [0.25, 0.3) is 0 Å². The van der Waals surface area contributed by atoms with Crippen molar-refractivity contribution in [1.82, 2.24) is 0 Å². The topological polar surface area (TPSA) is 55.8 Å². The average Bonchev–Trinajstić information content (AvgIpc) is 2.30. The maximum atomic E-state index is 10.6. The van der Waals surface area contributed by atoms with Crippen LogP contribution < -0.4 is 4.74 Å². The van der Waals surface area contributed by atoms with Crippen molar-refractivity contribution in [2.45, 2.75) is 25.4 Å². The molecule has 0 radical (unpaired) electrons. The normalized spacial score (nSPS) is 19.9. The van der Waals surface area contributed by atoms with Crippen molar-refractivity contribution >= 4 is 5.97 Å². The highest BCUT2D eigenvalue weighted by Crippen LogP contribution is 2.18. The monoisotopic (exact) mass is 236 g/mol. The smallest absolute Gasteiger partial charge is 0.307 e. The quantitative estimate of drug-likeness (QED) is 0.867. The van der Waals surface area contributed by atoms with Crippen molar-refractivity contribution in [2.75, 3.05) is 13.2 Å². The van der Waals surface area contributed by atoms with E-state index in [2.05, 4.69) is 0 Å². The predicted molar refractivity (Wildman–Crippen MR) is 62.3 cm³/mol. The molecule has 1 aromatic carbocycles. The predicted octanol–water partition coefficient (Wildman–Crippen LogP) is 1.87. The molecule has 1 saturated heterocycles. The molecular weight excluding hydrogens is 220 g/mol. The first-order valence-corrected chi connectivity index (χ1v) is 5.79. The summed E-state index contributed by atoms with van der Waals surface area (Å²) in [5.74, 6) is -0.109. The third-order valence-electron chi connectivity index (χ3n) is 2.68. The minimum Gasteiger partial charge on any atom is -0.488 e. The minimum atomic E-state index is -0.830. The van der Waals surface area contributed by atoms with E-state index in [1.54, 1.807) is 12.1 Å². The third-order valence-corrected chi connectivity index (χ3v) is 2.68. The maximum absolute atomic E-state index is 10.6. The van der Waals surface area contributed by atoms with Gasteiger partial charge in [-0.05, 0) is 30.5 Å². The molecular formula is C13H16O4. The highest BCUT2D eigenvalue weighted by molar-refractivity contribution is 5.70. The Balaban J connectivity index is 1.97. The summed E-state index contributed by atoms with van der Waals surface area (Å²) in [4.78, 5) is 10.6. The van der Waals surface area contributed by atoms with Gasteiger partial charge < -0.3 is 14.6 Å². The molecule has 0 aliphatic carbocycles. The van der Waals surface area contributed by atoms with Crippen LogP contribution >= 0.6 is 0 Å². The zero-order chi connectivity index (χ0) is 12.1. The van der Waals surface area contributed by atoms with Crippen molar-refractivity contribution in [3.05, 3.63) is 29.8 Å². The van der Waals surface area contributed by atoms with E-state index in [9.17, 15) is 4.79 Å². The molecule has 1 aliphatic rings. The molecule has 1 unspecified atom stereocenters. The fraction of sp³-hybridized carbons (Fsp3) is 0.462. The first-order chi connectivity index (χ1) is 8.24. The molecule has 0 amide bonds. The Kier molecular flexibility index (Phi) is 3.98. The van der Waals surface area contributed by atoms with Gasteiger partial charge in [0, 0.05) is 6.61 Å². The third kappa shape index (κ3) is 3.75. The van der Waals surface area contributed by atoms with Crippen molar-refractivity contribution in [3.63, 3.8) is 0 Å². The van der Waals surface area contributed by atoms with E-state index in [4.69, 9.17) is 14.6 Å². The summed E-state index contributed by atoms with van der Waals surface area (Å²) >= 11 is 0. The van der Waals surface area contributed by atoms with E-state index in [1.165, 1.54) is 0 Å². The molecule has 1 heterocycles. The van der Waals surface area contributed by atoms with E-state index < -0.39 is 5.97 Å². The lowest BCUT2D eigenvalue weighted by molar-refractivity contribution is -0.136. The van der Waals surface area contributed by atoms with E-state index >= 15 is 0 Å². The number of hydrogen-bond donors (Lipinski definition) is 1. The zero-order valence-electron chi connectivity index (χ0n) is 9.59. The summed E-state index contributed by atoms with van der Waals surface area (Å²) in [6, 6.07) is 7.23. The summed E-state index contributed by atoms with van der Waals surface area (Å²) in [6.07, 6.45) is 2.12. The van der Waals surface area contributed by atoms with Crippen LogP contribution in [0, 0.1) is 0 Å². The fourth-order valence-electron chi connectivity index (χ4n) is 1.90. The molecule has 1 aliphatic heterocycles. The molecule has 4 heteroatoms. The van der Waals surface area contributed by atoms with Crippen molar-refractivity contribution in [1.29, 1.82) is 0 Å². The van der Waals surface area contributed by atoms with Crippen LogP contribution in [0.2, 0.25) is 0 Å². The number of carboxylic acids is 1. The Morgan fingerprint density at radius 3 is 3.12 bits per heavy atom. The van der Waals surface area contributed by atoms with Gasteiger partial charge in [-0.3, -0.25) is 4.79 Å². The van der Waals surface area contributed by atoms with Crippen molar-refractivity contribution in [3.8, 4) is 5.75 Å². The molecule has 92 valence electrons. The maximum Gasteiger partial charge on any atom is 0.307 e. The highest BCUT2D eigenvalue weighted by atomic mass is 16.5. The van der Waals surface area contributed by atoms with Gasteiger partial charge in [-0.2, -0.15) is 0 Å². The summed E-state index contributed by atoms with van der Waals surface area (Å²) in [5, 5.41) is 8.72. The molecule has 1 N–H and O–H groups in total. The Labute approximate surface area is 100 Å². The van der Waals surface area contributed by atoms with Crippen LogP contribution in [0.4, 0.5) is 0 Å². The first kappa shape index (κ1) is 11.9. The molecule has 0 aromatic heterocycles. The standard InChI is InChI=1S/C13H16O4/c14-13(15)8-10-3-1-4-11(7-10)17-12-5-2-6-16-9-12/h1,3-4,7,12H,2,5-6,8-9H2,(H,14,15). The van der Waals surface area contributed by atoms with Crippen molar-refractivity contribution < 1.29 is 19.4 Å². The lowest BCUT2D eigenvalue weighted by atomic mass is 10.1. The Morgan fingerprint density at radius 1 is 1.53 bits per heavy atom. The Morgan fingerprint density at radius 2 is 2.41 bits per heavy atom. The van der Waals surface area contributed by atoms with Gasteiger partial charge in [0.15, 0.2) is 0 Å². The minimum absolute atomic E-state index is 0.0262. The van der Waals surface area contributed by atoms with E-state index in [0.29, 0.717) is 6.61 Å². The van der Waals surface area contributed by atoms with E-state index in [1.807, 2.05) is 12.1 Å². The van der Waals surface area contributed by atoms with Gasteiger partial charge in [0.05, 0.1) is 13.0 Å². The van der Waals surface area contributed by atoms with Crippen LogP contribution in [0.15, 0.2) is 24.3 Å². The second-order valence-corrected chi connectivity index (χ2v) is 4.17. The number of carbonyl (C=O) groups is 1. The number of benzene rings is 1. The lowest BCUT2D eigenvalue weighted by Gasteiger charge is -2.23. The molecule has 1 aromatic rings. The average molecular weight is 236 g/mol. The number of hydrogen-bond acceptors (Lipinski definition) is 3. The molecule has 0 spiro atoms. The SMILES string of the molecule is O=C(O)Cc1cccc(OC2CCCOC2)c1. The zero-order valence-corrected chi connectivity index (χ0v) is 9.59. The highest BCUT2D eigenvalue weighted by Gasteiger charge is 2.15.